The van der Waals surface area contributed by atoms with Crippen molar-refractivity contribution >= 4 is 16.8 Å². The first-order valence-corrected chi connectivity index (χ1v) is 5.46. The second-order valence-electron chi connectivity index (χ2n) is 4.15. The summed E-state index contributed by atoms with van der Waals surface area (Å²) >= 11 is 0. The number of H-pyrrole nitrogens is 1. The summed E-state index contributed by atoms with van der Waals surface area (Å²) in [6.45, 7) is 0. The molecule has 1 heterocycles. The number of carbonyl (C=O) groups is 1. The molecule has 0 radical (unpaired) electrons. The molecule has 0 bridgehead atoms. The Bertz CT molecular complexity index is 543. The number of benzene rings is 1. The fourth-order valence-corrected chi connectivity index (χ4v) is 1.86. The molecule has 2 rings (SSSR count). The molecule has 1 aromatic heterocycles. The molecule has 4 nitrogen and oxygen atoms in total. The number of nitrogens with one attached hydrogen (secondary N) is 1. The molecule has 0 aliphatic heterocycles. The molecule has 0 fully saturated rings. The van der Waals surface area contributed by atoms with Crippen LogP contribution in [0.25, 0.3) is 10.9 Å². The van der Waals surface area contributed by atoms with Gasteiger partial charge in [0.25, 0.3) is 0 Å². The summed E-state index contributed by atoms with van der Waals surface area (Å²) in [5.74, 6) is 0.823. The SMILES string of the molecule is COc1ccc2[nH]ccc2c1CC(=O)N(C)C. The molecule has 1 aromatic carbocycles. The Labute approximate surface area is 100 Å². The molecule has 0 atom stereocenters. The highest BCUT2D eigenvalue weighted by atomic mass is 16.5. The fourth-order valence-electron chi connectivity index (χ4n) is 1.86. The van der Waals surface area contributed by atoms with Gasteiger partial charge in [0.05, 0.1) is 13.5 Å². The zero-order chi connectivity index (χ0) is 12.4. The van der Waals surface area contributed by atoms with Crippen LogP contribution in [0, 0.1) is 0 Å². The lowest BCUT2D eigenvalue weighted by molar-refractivity contribution is -0.127. The van der Waals surface area contributed by atoms with Crippen molar-refractivity contribution in [1.82, 2.24) is 9.88 Å². The fraction of sp³-hybridized carbons (Fsp3) is 0.308. The normalized spacial score (nSPS) is 10.5. The number of likely N-dealkylation sites (N-methyl/N-ethyl adjacent to an activating group) is 1. The molecule has 0 aliphatic carbocycles. The van der Waals surface area contributed by atoms with E-state index in [1.807, 2.05) is 24.4 Å². The largest absolute Gasteiger partial charge is 0.496 e. The molecular formula is C13H16N2O2. The summed E-state index contributed by atoms with van der Waals surface area (Å²) in [5.41, 5.74) is 1.96. The van der Waals surface area contributed by atoms with Gasteiger partial charge in [0.1, 0.15) is 5.75 Å². The van der Waals surface area contributed by atoms with Crippen LogP contribution >= 0.6 is 0 Å². The van der Waals surface area contributed by atoms with E-state index in [-0.39, 0.29) is 5.91 Å². The Hall–Kier alpha value is -1.97. The molecule has 17 heavy (non-hydrogen) atoms. The molecule has 0 aliphatic rings. The van der Waals surface area contributed by atoms with E-state index in [4.69, 9.17) is 4.74 Å². The lowest BCUT2D eigenvalue weighted by atomic mass is 10.1. The topological polar surface area (TPSA) is 45.3 Å². The number of hydrogen-bond donors (Lipinski definition) is 1. The smallest absolute Gasteiger partial charge is 0.226 e. The van der Waals surface area contributed by atoms with Gasteiger partial charge in [-0.25, -0.2) is 0 Å². The molecule has 1 N–H and O–H groups in total. The maximum atomic E-state index is 11.8. The van der Waals surface area contributed by atoms with E-state index < -0.39 is 0 Å². The zero-order valence-corrected chi connectivity index (χ0v) is 10.3. The highest BCUT2D eigenvalue weighted by Gasteiger charge is 2.14. The average Bonchev–Trinajstić information content (AvgIpc) is 2.77. The number of methoxy groups -OCH3 is 1. The van der Waals surface area contributed by atoms with Crippen LogP contribution in [0.5, 0.6) is 5.75 Å². The van der Waals surface area contributed by atoms with Gasteiger partial charge in [-0.3, -0.25) is 4.79 Å². The van der Waals surface area contributed by atoms with Gasteiger partial charge in [0.2, 0.25) is 5.91 Å². The second-order valence-corrected chi connectivity index (χ2v) is 4.15. The van der Waals surface area contributed by atoms with E-state index in [2.05, 4.69) is 4.98 Å². The lowest BCUT2D eigenvalue weighted by Gasteiger charge is -2.13. The number of carbonyl (C=O) groups excluding carboxylic acids is 1. The van der Waals surface area contributed by atoms with Crippen molar-refractivity contribution in [2.75, 3.05) is 21.2 Å². The molecule has 0 saturated carbocycles. The van der Waals surface area contributed by atoms with E-state index in [1.54, 1.807) is 26.1 Å². The monoisotopic (exact) mass is 232 g/mol. The number of aromatic nitrogens is 1. The number of aromatic amines is 1. The van der Waals surface area contributed by atoms with Gasteiger partial charge in [-0.15, -0.1) is 0 Å². The third-order valence-corrected chi connectivity index (χ3v) is 2.85. The highest BCUT2D eigenvalue weighted by molar-refractivity contribution is 5.90. The molecule has 0 saturated heterocycles. The first-order chi connectivity index (χ1) is 8.13. The van der Waals surface area contributed by atoms with E-state index in [1.165, 1.54) is 0 Å². The quantitative estimate of drug-likeness (QED) is 0.877. The van der Waals surface area contributed by atoms with E-state index in [0.717, 1.165) is 22.2 Å². The van der Waals surface area contributed by atoms with E-state index >= 15 is 0 Å². The first-order valence-electron chi connectivity index (χ1n) is 5.46. The van der Waals surface area contributed by atoms with E-state index in [0.29, 0.717) is 6.42 Å². The Morgan fingerprint density at radius 3 is 2.76 bits per heavy atom. The van der Waals surface area contributed by atoms with Crippen molar-refractivity contribution in [2.24, 2.45) is 0 Å². The summed E-state index contributed by atoms with van der Waals surface area (Å²) in [7, 11) is 5.13. The van der Waals surface area contributed by atoms with Crippen molar-refractivity contribution in [1.29, 1.82) is 0 Å². The van der Waals surface area contributed by atoms with Gasteiger partial charge in [-0.2, -0.15) is 0 Å². The van der Waals surface area contributed by atoms with Crippen LogP contribution in [0.3, 0.4) is 0 Å². The Morgan fingerprint density at radius 2 is 2.12 bits per heavy atom. The van der Waals surface area contributed by atoms with Crippen molar-refractivity contribution in [3.63, 3.8) is 0 Å². The minimum atomic E-state index is 0.0667. The Morgan fingerprint density at radius 1 is 1.35 bits per heavy atom. The first kappa shape index (κ1) is 11.5. The van der Waals surface area contributed by atoms with Crippen molar-refractivity contribution in [2.45, 2.75) is 6.42 Å². The van der Waals surface area contributed by atoms with Gasteiger partial charge in [-0.1, -0.05) is 0 Å². The van der Waals surface area contributed by atoms with Gasteiger partial charge in [0, 0.05) is 36.8 Å². The van der Waals surface area contributed by atoms with Crippen LogP contribution in [-0.2, 0) is 11.2 Å². The van der Waals surface area contributed by atoms with Gasteiger partial charge < -0.3 is 14.6 Å². The van der Waals surface area contributed by atoms with Gasteiger partial charge in [0.15, 0.2) is 0 Å². The number of nitrogens with zero attached hydrogens (tertiary/aromatic N) is 1. The zero-order valence-electron chi connectivity index (χ0n) is 10.3. The third kappa shape index (κ3) is 2.11. The predicted molar refractivity (Wildman–Crippen MR) is 67.2 cm³/mol. The maximum Gasteiger partial charge on any atom is 0.226 e. The molecule has 2 aromatic rings. The number of fused-ring (bicyclic) bond motifs is 1. The highest BCUT2D eigenvalue weighted by Crippen LogP contribution is 2.28. The van der Waals surface area contributed by atoms with Crippen molar-refractivity contribution in [3.8, 4) is 5.75 Å². The van der Waals surface area contributed by atoms with E-state index in [9.17, 15) is 4.79 Å². The average molecular weight is 232 g/mol. The second kappa shape index (κ2) is 4.49. The molecule has 4 heteroatoms. The number of ether oxygens (including phenoxy) is 1. The lowest BCUT2D eigenvalue weighted by Crippen LogP contribution is -2.23. The Balaban J connectivity index is 2.48. The maximum absolute atomic E-state index is 11.8. The molecule has 1 amide bonds. The minimum Gasteiger partial charge on any atom is -0.496 e. The van der Waals surface area contributed by atoms with Crippen LogP contribution in [0.1, 0.15) is 5.56 Å². The summed E-state index contributed by atoms with van der Waals surface area (Å²) in [6.07, 6.45) is 2.22. The van der Waals surface area contributed by atoms with Crippen LogP contribution in [0.2, 0.25) is 0 Å². The van der Waals surface area contributed by atoms with Crippen molar-refractivity contribution in [3.05, 3.63) is 30.0 Å². The standard InChI is InChI=1S/C13H16N2O2/c1-15(2)13(16)8-10-9-6-7-14-11(9)4-5-12(10)17-3/h4-7,14H,8H2,1-3H3. The van der Waals surface area contributed by atoms with Gasteiger partial charge >= 0.3 is 0 Å². The third-order valence-electron chi connectivity index (χ3n) is 2.85. The molecule has 90 valence electrons. The molecular weight excluding hydrogens is 216 g/mol. The number of amides is 1. The summed E-state index contributed by atoms with van der Waals surface area (Å²) < 4.78 is 5.32. The summed E-state index contributed by atoms with van der Waals surface area (Å²) in [4.78, 5) is 16.5. The summed E-state index contributed by atoms with van der Waals surface area (Å²) in [5, 5.41) is 1.04. The molecule has 0 spiro atoms. The number of hydrogen-bond acceptors (Lipinski definition) is 2. The van der Waals surface area contributed by atoms with Gasteiger partial charge in [-0.05, 0) is 18.2 Å². The van der Waals surface area contributed by atoms with Crippen molar-refractivity contribution < 1.29 is 9.53 Å². The summed E-state index contributed by atoms with van der Waals surface area (Å²) in [6, 6.07) is 5.81. The minimum absolute atomic E-state index is 0.0667. The number of rotatable bonds is 3. The Kier molecular flexibility index (Phi) is 3.04. The predicted octanol–water partition coefficient (Wildman–Crippen LogP) is 1.81. The van der Waals surface area contributed by atoms with Crippen LogP contribution in [-0.4, -0.2) is 37.0 Å². The van der Waals surface area contributed by atoms with Crippen LogP contribution in [0.4, 0.5) is 0 Å². The van der Waals surface area contributed by atoms with Crippen LogP contribution in [0.15, 0.2) is 24.4 Å². The van der Waals surface area contributed by atoms with Crippen LogP contribution < -0.4 is 4.74 Å². The molecule has 0 unspecified atom stereocenters.